The molecule has 2 heteroatoms. The Hall–Kier alpha value is -0.860. The molecule has 2 saturated carbocycles. The molecule has 98 valence electrons. The van der Waals surface area contributed by atoms with E-state index in [-0.39, 0.29) is 0 Å². The first-order valence-electron chi connectivity index (χ1n) is 7.28. The molecular formula is C16H23NO. The van der Waals surface area contributed by atoms with Crippen LogP contribution in [-0.2, 0) is 0 Å². The maximum Gasteiger partial charge on any atom is 0.0771 e. The second-order valence-electron chi connectivity index (χ2n) is 6.04. The number of rotatable bonds is 5. The summed E-state index contributed by atoms with van der Waals surface area (Å²) in [6.45, 7) is 0.753. The van der Waals surface area contributed by atoms with Gasteiger partial charge in [0.15, 0.2) is 0 Å². The lowest BCUT2D eigenvalue weighted by atomic mass is 9.98. The van der Waals surface area contributed by atoms with Crippen LogP contribution in [0.2, 0.25) is 0 Å². The molecule has 2 aliphatic rings. The lowest BCUT2D eigenvalue weighted by molar-refractivity contribution is 0.0440. The Morgan fingerprint density at radius 1 is 1.17 bits per heavy atom. The van der Waals surface area contributed by atoms with Crippen molar-refractivity contribution in [2.45, 2.75) is 50.2 Å². The van der Waals surface area contributed by atoms with Crippen molar-refractivity contribution in [1.82, 2.24) is 5.32 Å². The van der Waals surface area contributed by atoms with E-state index in [1.165, 1.54) is 31.2 Å². The summed E-state index contributed by atoms with van der Waals surface area (Å²) >= 11 is 0. The van der Waals surface area contributed by atoms with Crippen LogP contribution in [0.4, 0.5) is 0 Å². The summed E-state index contributed by atoms with van der Waals surface area (Å²) in [5.74, 6) is 0.775. The quantitative estimate of drug-likeness (QED) is 0.835. The number of nitrogens with one attached hydrogen (secondary N) is 1. The van der Waals surface area contributed by atoms with Gasteiger partial charge in [0.2, 0.25) is 0 Å². The molecular weight excluding hydrogens is 222 g/mol. The first-order chi connectivity index (χ1) is 8.77. The fourth-order valence-electron chi connectivity index (χ4n) is 3.16. The highest BCUT2D eigenvalue weighted by Crippen LogP contribution is 2.41. The summed E-state index contributed by atoms with van der Waals surface area (Å²) in [5, 5.41) is 14.1. The van der Waals surface area contributed by atoms with Crippen LogP contribution in [0.15, 0.2) is 30.3 Å². The average Bonchev–Trinajstić information content (AvgIpc) is 3.13. The van der Waals surface area contributed by atoms with Gasteiger partial charge in [-0.1, -0.05) is 43.2 Å². The van der Waals surface area contributed by atoms with Crippen molar-refractivity contribution < 1.29 is 5.11 Å². The number of benzene rings is 1. The molecule has 0 saturated heterocycles. The predicted molar refractivity (Wildman–Crippen MR) is 73.3 cm³/mol. The Morgan fingerprint density at radius 2 is 1.83 bits per heavy atom. The molecule has 18 heavy (non-hydrogen) atoms. The van der Waals surface area contributed by atoms with E-state index < -0.39 is 5.60 Å². The molecule has 0 aliphatic heterocycles. The van der Waals surface area contributed by atoms with Crippen molar-refractivity contribution in [2.24, 2.45) is 5.92 Å². The zero-order valence-electron chi connectivity index (χ0n) is 10.9. The average molecular weight is 245 g/mol. The van der Waals surface area contributed by atoms with Gasteiger partial charge >= 0.3 is 0 Å². The Labute approximate surface area is 109 Å². The third kappa shape index (κ3) is 2.76. The molecule has 1 atom stereocenters. The Morgan fingerprint density at radius 3 is 2.44 bits per heavy atom. The highest BCUT2D eigenvalue weighted by molar-refractivity contribution is 5.21. The summed E-state index contributed by atoms with van der Waals surface area (Å²) in [6.07, 6.45) is 6.93. The van der Waals surface area contributed by atoms with E-state index in [1.807, 2.05) is 0 Å². The van der Waals surface area contributed by atoms with Crippen LogP contribution in [0.3, 0.4) is 0 Å². The molecule has 2 aliphatic carbocycles. The van der Waals surface area contributed by atoms with Gasteiger partial charge in [0.05, 0.1) is 5.60 Å². The summed E-state index contributed by atoms with van der Waals surface area (Å²) in [6, 6.07) is 11.1. The van der Waals surface area contributed by atoms with Crippen molar-refractivity contribution in [3.05, 3.63) is 35.9 Å². The monoisotopic (exact) mass is 245 g/mol. The second-order valence-corrected chi connectivity index (χ2v) is 6.04. The van der Waals surface area contributed by atoms with Crippen molar-refractivity contribution in [2.75, 3.05) is 6.54 Å². The standard InChI is InChI=1S/C16H23NO/c18-16(10-4-5-11-16)12-17-15(14-8-9-14)13-6-2-1-3-7-13/h1-3,6-7,14-15,17-18H,4-5,8-12H2. The molecule has 2 nitrogen and oxygen atoms in total. The lowest BCUT2D eigenvalue weighted by Gasteiger charge is -2.27. The van der Waals surface area contributed by atoms with Crippen molar-refractivity contribution in [3.63, 3.8) is 0 Å². The second kappa shape index (κ2) is 5.02. The van der Waals surface area contributed by atoms with Gasteiger partial charge < -0.3 is 10.4 Å². The van der Waals surface area contributed by atoms with Crippen LogP contribution < -0.4 is 5.32 Å². The van der Waals surface area contributed by atoms with Gasteiger partial charge in [-0.25, -0.2) is 0 Å². The highest BCUT2D eigenvalue weighted by atomic mass is 16.3. The molecule has 0 spiro atoms. The summed E-state index contributed by atoms with van der Waals surface area (Å²) in [5.41, 5.74) is 0.934. The molecule has 2 N–H and O–H groups in total. The minimum Gasteiger partial charge on any atom is -0.389 e. The fourth-order valence-corrected chi connectivity index (χ4v) is 3.16. The molecule has 1 unspecified atom stereocenters. The van der Waals surface area contributed by atoms with Gasteiger partial charge in [-0.3, -0.25) is 0 Å². The van der Waals surface area contributed by atoms with E-state index in [0.29, 0.717) is 6.04 Å². The molecule has 1 aromatic rings. The minimum atomic E-state index is -0.443. The van der Waals surface area contributed by atoms with E-state index >= 15 is 0 Å². The van der Waals surface area contributed by atoms with Gasteiger partial charge in [-0.15, -0.1) is 0 Å². The van der Waals surface area contributed by atoms with Gasteiger partial charge in [0.25, 0.3) is 0 Å². The Kier molecular flexibility index (Phi) is 3.40. The number of aliphatic hydroxyl groups is 1. The van der Waals surface area contributed by atoms with Crippen LogP contribution in [0.5, 0.6) is 0 Å². The van der Waals surface area contributed by atoms with E-state index in [2.05, 4.69) is 35.6 Å². The smallest absolute Gasteiger partial charge is 0.0771 e. The first-order valence-corrected chi connectivity index (χ1v) is 7.28. The van der Waals surface area contributed by atoms with Gasteiger partial charge in [-0.2, -0.15) is 0 Å². The third-order valence-electron chi connectivity index (χ3n) is 4.44. The number of hydrogen-bond donors (Lipinski definition) is 2. The fraction of sp³-hybridized carbons (Fsp3) is 0.625. The Balaban J connectivity index is 1.64. The maximum atomic E-state index is 10.4. The van der Waals surface area contributed by atoms with E-state index in [9.17, 15) is 5.11 Å². The molecule has 0 amide bonds. The minimum absolute atomic E-state index is 0.441. The zero-order valence-corrected chi connectivity index (χ0v) is 10.9. The highest BCUT2D eigenvalue weighted by Gasteiger charge is 2.36. The van der Waals surface area contributed by atoms with Crippen molar-refractivity contribution >= 4 is 0 Å². The number of hydrogen-bond acceptors (Lipinski definition) is 2. The largest absolute Gasteiger partial charge is 0.389 e. The topological polar surface area (TPSA) is 32.3 Å². The zero-order chi connectivity index (χ0) is 12.4. The summed E-state index contributed by atoms with van der Waals surface area (Å²) < 4.78 is 0. The molecule has 2 fully saturated rings. The van der Waals surface area contributed by atoms with Crippen LogP contribution >= 0.6 is 0 Å². The Bertz CT molecular complexity index is 379. The molecule has 3 rings (SSSR count). The van der Waals surface area contributed by atoms with E-state index in [4.69, 9.17) is 0 Å². The van der Waals surface area contributed by atoms with E-state index in [0.717, 1.165) is 25.3 Å². The molecule has 0 aromatic heterocycles. The predicted octanol–water partition coefficient (Wildman–Crippen LogP) is 3.03. The van der Waals surface area contributed by atoms with Gasteiger partial charge in [-0.05, 0) is 37.2 Å². The molecule has 0 radical (unpaired) electrons. The van der Waals surface area contributed by atoms with E-state index in [1.54, 1.807) is 0 Å². The third-order valence-corrected chi connectivity index (χ3v) is 4.44. The van der Waals surface area contributed by atoms with Crippen molar-refractivity contribution in [1.29, 1.82) is 0 Å². The van der Waals surface area contributed by atoms with Crippen LogP contribution in [0.25, 0.3) is 0 Å². The lowest BCUT2D eigenvalue weighted by Crippen LogP contribution is -2.40. The molecule has 0 bridgehead atoms. The van der Waals surface area contributed by atoms with Gasteiger partial charge in [0, 0.05) is 12.6 Å². The summed E-state index contributed by atoms with van der Waals surface area (Å²) in [4.78, 5) is 0. The van der Waals surface area contributed by atoms with Crippen molar-refractivity contribution in [3.8, 4) is 0 Å². The SMILES string of the molecule is OC1(CNC(c2ccccc2)C2CC2)CCCC1. The molecule has 0 heterocycles. The first kappa shape index (κ1) is 12.2. The molecule has 1 aromatic carbocycles. The van der Waals surface area contributed by atoms with Crippen LogP contribution in [0, 0.1) is 5.92 Å². The van der Waals surface area contributed by atoms with Gasteiger partial charge in [0.1, 0.15) is 0 Å². The normalized spacial score (nSPS) is 24.1. The summed E-state index contributed by atoms with van der Waals surface area (Å²) in [7, 11) is 0. The van der Waals surface area contributed by atoms with Crippen LogP contribution in [-0.4, -0.2) is 17.3 Å². The maximum absolute atomic E-state index is 10.4. The van der Waals surface area contributed by atoms with Crippen LogP contribution in [0.1, 0.15) is 50.1 Å².